The van der Waals surface area contributed by atoms with Gasteiger partial charge < -0.3 is 168 Å². The fourth-order valence-electron chi connectivity index (χ4n) is 0. The summed E-state index contributed by atoms with van der Waals surface area (Å²) >= 11 is -35.1. The molecule has 0 atom stereocenters. The van der Waals surface area contributed by atoms with Crippen molar-refractivity contribution in [1.29, 1.82) is 0 Å². The molecule has 0 rings (SSSR count). The van der Waals surface area contributed by atoms with Crippen LogP contribution in [0.25, 0.3) is 0 Å². The van der Waals surface area contributed by atoms with Gasteiger partial charge in [-0.1, -0.05) is 0 Å². The first-order valence-electron chi connectivity index (χ1n) is 13.7. The zero-order chi connectivity index (χ0) is 83.9. The van der Waals surface area contributed by atoms with E-state index >= 15 is 0 Å². The quantitative estimate of drug-likeness (QED) is 0.203. The van der Waals surface area contributed by atoms with Crippen LogP contribution >= 0.6 is 0 Å². The Bertz CT molecular complexity index is 1320. The summed E-state index contributed by atoms with van der Waals surface area (Å²) in [5, 5.41) is 140. The molecule has 0 aromatic carbocycles. The molecule has 0 radical (unpaired) electrons. The average molecular weight is 4550 g/mol. The van der Waals surface area contributed by atoms with Crippen molar-refractivity contribution >= 4 is 110 Å². The summed E-state index contributed by atoms with van der Waals surface area (Å²) in [5.74, 6) is 0. The fourth-order valence-corrected chi connectivity index (χ4v) is 0. The van der Waals surface area contributed by atoms with Gasteiger partial charge in [0.05, 0.1) is 0 Å². The van der Waals surface area contributed by atoms with Crippen LogP contribution in [0.4, 0.5) is 0 Å². The minimum atomic E-state index is -2.51. The molecule has 0 saturated heterocycles. The molecule has 62 nitrogen and oxygen atoms in total. The molecule has 76 heteroatoms. The van der Waals surface area contributed by atoms with Crippen molar-refractivity contribution in [2.75, 3.05) is 0 Å². The van der Waals surface area contributed by atoms with Crippen LogP contribution in [0.1, 0.15) is 0 Å². The number of carbonyl (C=O) groups is 17. The third kappa shape index (κ3) is 54400000. The van der Waals surface area contributed by atoms with E-state index in [9.17, 15) is 0 Å². The first-order chi connectivity index (χ1) is 43.8. The Morgan fingerprint density at radius 1 is 0.0968 bits per heavy atom. The number of carbonyl (C=O) groups excluding carboxylic acids is 17. The molecule has 0 amide bonds. The zero-order valence-corrected chi connectivity index (χ0v) is 100. The van der Waals surface area contributed by atoms with Crippen LogP contribution < -0.4 is 86.8 Å². The molecular formula is C17H17O62U14+11. The van der Waals surface area contributed by atoms with Crippen molar-refractivity contribution in [3.05, 3.63) is 0 Å². The molecule has 0 aliphatic rings. The van der Waals surface area contributed by atoms with Crippen molar-refractivity contribution in [2.45, 2.75) is 0 Å². The molecule has 0 N–H and O–H groups in total. The first-order valence-corrected chi connectivity index (χ1v) is 61.3. The van der Waals surface area contributed by atoms with Gasteiger partial charge in [0.2, 0.25) is 0 Å². The molecule has 0 aliphatic carbocycles. The molecule has 0 bridgehead atoms. The number of carboxylic acid groups (broad SMARTS) is 17. The molecule has 0 saturated carbocycles. The summed E-state index contributed by atoms with van der Waals surface area (Å²) in [6.07, 6.45) is 0. The Hall–Kier alpha value is 0.117. The van der Waals surface area contributed by atoms with Gasteiger partial charge in [-0.25, -0.2) is 0 Å². The van der Waals surface area contributed by atoms with Crippen LogP contribution in [0.15, 0.2) is 0 Å². The topological polar surface area (TPSA) is 1160 Å². The molecule has 502 valence electrons. The van der Waals surface area contributed by atoms with E-state index < -0.39 is 499 Å². The monoisotopic (exact) mass is 4550 g/mol. The van der Waals surface area contributed by atoms with Crippen LogP contribution in [0, 0.1) is 389 Å². The average Bonchev–Trinajstić information content (AvgIpc) is 3.44. The second-order valence-electron chi connectivity index (χ2n) is 2.80. The van der Waals surface area contributed by atoms with E-state index in [-0.39, 0.29) is 0 Å². The van der Waals surface area contributed by atoms with E-state index in [0.717, 1.165) is 0 Å². The SMILES string of the molecule is O=C[O-].O=C[O-].O=C[O-].O=C[O-].O=C[O-].O=C[O-].O=C[O-].O=C[O-].O=C[O-].O=C[O-].O=C[O-].O=C[O-].O=C[O-].O=C[O-].O=C[O-].O=C[O-].O=C[O-].[O]=[U+2]=[O].[O]=[U+2]=[O].[O]=[U+2]=[O].[O]=[U+2]=[O].[O]=[U+2]=[O].[O]=[U+2]=[O].[O]=[U+2]=[O].[O]=[U+2]=[O].[O]=[U+2]=[O].[O]=[U+2]=[O].[O]=[U+2]=[O].[O]=[U+2]=[O].[O]=[U+2]=[O].[O]=[U+2]=[O]. The Morgan fingerprint density at radius 2 is 0.0968 bits per heavy atom. The molecule has 0 unspecified atom stereocenters. The van der Waals surface area contributed by atoms with Crippen LogP contribution in [0.5, 0.6) is 0 Å². The van der Waals surface area contributed by atoms with Gasteiger partial charge in [-0.15, -0.1) is 0 Å². The van der Waals surface area contributed by atoms with E-state index in [1.165, 1.54) is 0 Å². The third-order valence-corrected chi connectivity index (χ3v) is 0. The van der Waals surface area contributed by atoms with Gasteiger partial charge in [0, 0.05) is 110 Å². The maximum absolute atomic E-state index is 8.58. The molecule has 93 heavy (non-hydrogen) atoms. The predicted octanol–water partition coefficient (Wildman–Crippen LogP) is -31.1. The van der Waals surface area contributed by atoms with Crippen LogP contribution in [-0.2, 0) is 144 Å². The predicted molar refractivity (Wildman–Crippen MR) is 122 cm³/mol. The number of hydrogen-bond acceptors (Lipinski definition) is 62. The van der Waals surface area contributed by atoms with Gasteiger partial charge in [0.15, 0.2) is 0 Å². The van der Waals surface area contributed by atoms with Crippen molar-refractivity contribution in [1.82, 2.24) is 0 Å². The Morgan fingerprint density at radius 3 is 0.0968 bits per heavy atom. The van der Waals surface area contributed by atoms with E-state index in [0.29, 0.717) is 0 Å². The van der Waals surface area contributed by atoms with Crippen molar-refractivity contribution in [3.8, 4) is 0 Å². The van der Waals surface area contributed by atoms with Crippen LogP contribution in [0.3, 0.4) is 0 Å². The molecule has 0 aliphatic heterocycles. The van der Waals surface area contributed by atoms with Gasteiger partial charge in [0.1, 0.15) is 0 Å². The summed E-state index contributed by atoms with van der Waals surface area (Å²) in [4.78, 5) is 140. The summed E-state index contributed by atoms with van der Waals surface area (Å²) in [5.41, 5.74) is 0. The molecule has 0 aromatic heterocycles. The maximum atomic E-state index is 8.58. The van der Waals surface area contributed by atoms with Crippen molar-refractivity contribution < 1.29 is 620 Å². The number of hydrogen-bond donors (Lipinski definition) is 0. The van der Waals surface area contributed by atoms with Crippen LogP contribution in [0.2, 0.25) is 0 Å². The second kappa shape index (κ2) is 790. The van der Waals surface area contributed by atoms with E-state index in [4.69, 9.17) is 231 Å². The van der Waals surface area contributed by atoms with Gasteiger partial charge in [-0.3, -0.25) is 0 Å². The number of rotatable bonds is 0. The van der Waals surface area contributed by atoms with Gasteiger partial charge in [0.25, 0.3) is 0 Å². The van der Waals surface area contributed by atoms with E-state index in [1.807, 2.05) is 0 Å². The summed E-state index contributed by atoms with van der Waals surface area (Å²) < 4.78 is 240. The van der Waals surface area contributed by atoms with Crippen molar-refractivity contribution in [3.63, 3.8) is 0 Å². The van der Waals surface area contributed by atoms with Gasteiger partial charge in [-0.05, 0) is 0 Å². The second-order valence-corrected chi connectivity index (χ2v) is 12.5. The van der Waals surface area contributed by atoms with Crippen LogP contribution in [-0.4, -0.2) is 110 Å². The molecule has 0 fully saturated rings. The normalized spacial score (nSPS) is 3.40. The Balaban J connectivity index is -0.0000000147. The summed E-state index contributed by atoms with van der Waals surface area (Å²) in [6, 6.07) is 0. The molecule has 0 heterocycles. The fraction of sp³-hybridized carbons (Fsp3) is 0. The minimum absolute atomic E-state index is 0.500. The summed E-state index contributed by atoms with van der Waals surface area (Å²) in [7, 11) is 0. The van der Waals surface area contributed by atoms with Gasteiger partial charge in [-0.2, -0.15) is 0 Å². The first kappa shape index (κ1) is 205. The molecule has 0 aromatic rings. The molecule has 0 spiro atoms. The van der Waals surface area contributed by atoms with E-state index in [1.54, 1.807) is 0 Å². The Labute approximate surface area is 714 Å². The zero-order valence-electron chi connectivity index (χ0n) is 42.1. The Kier molecular flexibility index (Phi) is 1740. The third-order valence-electron chi connectivity index (χ3n) is 0. The summed E-state index contributed by atoms with van der Waals surface area (Å²) in [6.45, 7) is -8.50. The van der Waals surface area contributed by atoms with Crippen molar-refractivity contribution in [2.24, 2.45) is 0 Å². The van der Waals surface area contributed by atoms with Gasteiger partial charge >= 0.3 is 452 Å². The standard InChI is InChI=1S/17CH2O2.28O.14U/c17*2-1-3;;;;;;;;;;;;;;;;;;;;;;;;;;;;;;;;;;;;;;;;;;/h17*1H,(H,2,3);;;;;;;;;;;;;;;;;;;;;;;;;;;;;;;;;;;;;;;;;;/q;;;;;;;;;;;;;;;;;;;;;;;;;;;;;;;;;;;;;;;;;;;;;14*+2/p-17. The van der Waals surface area contributed by atoms with E-state index in [2.05, 4.69) is 0 Å². The molecular weight excluding hydrogens is 4530 g/mol.